The molecule has 1 unspecified atom stereocenters. The van der Waals surface area contributed by atoms with E-state index >= 15 is 0 Å². The molecule has 0 radical (unpaired) electrons. The zero-order chi connectivity index (χ0) is 18.7. The number of imidazole rings is 1. The minimum absolute atomic E-state index is 0.115. The molecule has 140 valence electrons. The van der Waals surface area contributed by atoms with Gasteiger partial charge in [-0.3, -0.25) is 9.69 Å². The van der Waals surface area contributed by atoms with Gasteiger partial charge in [-0.05, 0) is 38.1 Å². The lowest BCUT2D eigenvalue weighted by Crippen LogP contribution is -2.53. The van der Waals surface area contributed by atoms with Crippen molar-refractivity contribution in [2.45, 2.75) is 26.3 Å². The molecule has 0 saturated carbocycles. The van der Waals surface area contributed by atoms with Gasteiger partial charge in [-0.15, -0.1) is 0 Å². The van der Waals surface area contributed by atoms with Crippen molar-refractivity contribution in [1.82, 2.24) is 14.5 Å². The second kappa shape index (κ2) is 7.92. The molecule has 0 aliphatic carbocycles. The third-order valence-corrected chi connectivity index (χ3v) is 4.58. The number of carbonyl (C=O) groups excluding carboxylic acids is 1. The Labute approximate surface area is 150 Å². The number of halogens is 2. The largest absolute Gasteiger partial charge is 0.378 e. The van der Waals surface area contributed by atoms with Gasteiger partial charge in [0, 0.05) is 23.6 Å². The number of alkyl halides is 2. The van der Waals surface area contributed by atoms with Crippen LogP contribution in [0.15, 0.2) is 30.6 Å². The second-order valence-corrected chi connectivity index (χ2v) is 6.30. The Kier molecular flexibility index (Phi) is 5.63. The van der Waals surface area contributed by atoms with Gasteiger partial charge in [-0.1, -0.05) is 0 Å². The molecule has 6 nitrogen and oxygen atoms in total. The number of amides is 1. The van der Waals surface area contributed by atoms with Gasteiger partial charge in [-0.2, -0.15) is 0 Å². The number of aromatic nitrogens is 2. The molecule has 2 aromatic rings. The van der Waals surface area contributed by atoms with Crippen LogP contribution in [0.1, 0.15) is 11.4 Å². The summed E-state index contributed by atoms with van der Waals surface area (Å²) in [4.78, 5) is 18.2. The van der Waals surface area contributed by atoms with E-state index in [4.69, 9.17) is 4.74 Å². The molecule has 8 heteroatoms. The van der Waals surface area contributed by atoms with E-state index in [-0.39, 0.29) is 12.5 Å². The monoisotopic (exact) mass is 364 g/mol. The summed E-state index contributed by atoms with van der Waals surface area (Å²) in [5.74, 6) is -0.340. The van der Waals surface area contributed by atoms with Crippen LogP contribution >= 0.6 is 0 Å². The van der Waals surface area contributed by atoms with E-state index in [1.807, 2.05) is 30.5 Å². The quantitative estimate of drug-likeness (QED) is 0.885. The van der Waals surface area contributed by atoms with Crippen molar-refractivity contribution >= 4 is 11.6 Å². The van der Waals surface area contributed by atoms with Crippen LogP contribution in [0, 0.1) is 13.8 Å². The minimum atomic E-state index is -2.48. The number of anilines is 1. The van der Waals surface area contributed by atoms with Crippen molar-refractivity contribution in [3.05, 3.63) is 42.0 Å². The van der Waals surface area contributed by atoms with Crippen LogP contribution in [0.5, 0.6) is 0 Å². The van der Waals surface area contributed by atoms with Gasteiger partial charge in [0.15, 0.2) is 0 Å². The zero-order valence-electron chi connectivity index (χ0n) is 14.8. The van der Waals surface area contributed by atoms with Crippen molar-refractivity contribution in [1.29, 1.82) is 0 Å². The SMILES string of the molecule is Cc1ncn(-c2ccc(NC(=O)C3COCCN3CC(F)F)cc2)c1C. The van der Waals surface area contributed by atoms with Crippen LogP contribution in [0.4, 0.5) is 14.5 Å². The average molecular weight is 364 g/mol. The number of morpholine rings is 1. The van der Waals surface area contributed by atoms with Gasteiger partial charge in [0.1, 0.15) is 6.04 Å². The van der Waals surface area contributed by atoms with Crippen molar-refractivity contribution in [3.63, 3.8) is 0 Å². The van der Waals surface area contributed by atoms with Crippen LogP contribution in [0.25, 0.3) is 5.69 Å². The first kappa shape index (κ1) is 18.5. The minimum Gasteiger partial charge on any atom is -0.378 e. The predicted octanol–water partition coefficient (Wildman–Crippen LogP) is 2.39. The fourth-order valence-electron chi connectivity index (χ4n) is 2.97. The van der Waals surface area contributed by atoms with Gasteiger partial charge in [0.05, 0.1) is 31.8 Å². The standard InChI is InChI=1S/C18H22F2N4O2/c1-12-13(2)24(11-21-12)15-5-3-14(4-6-15)22-18(25)16-10-26-8-7-23(16)9-17(19)20/h3-6,11,16-17H,7-10H2,1-2H3,(H,22,25). The van der Waals surface area contributed by atoms with Crippen LogP contribution in [-0.2, 0) is 9.53 Å². The van der Waals surface area contributed by atoms with E-state index in [9.17, 15) is 13.6 Å². The highest BCUT2D eigenvalue weighted by Gasteiger charge is 2.31. The number of nitrogens with one attached hydrogen (secondary N) is 1. The topological polar surface area (TPSA) is 59.4 Å². The number of nitrogens with zero attached hydrogens (tertiary/aromatic N) is 3. The Bertz CT molecular complexity index is 761. The molecule has 1 N–H and O–H groups in total. The average Bonchev–Trinajstić information content (AvgIpc) is 2.95. The van der Waals surface area contributed by atoms with Gasteiger partial charge < -0.3 is 14.6 Å². The Balaban J connectivity index is 1.68. The van der Waals surface area contributed by atoms with E-state index in [0.717, 1.165) is 17.1 Å². The third-order valence-electron chi connectivity index (χ3n) is 4.58. The summed E-state index contributed by atoms with van der Waals surface area (Å²) in [6.45, 7) is 4.29. The maximum absolute atomic E-state index is 12.7. The highest BCUT2D eigenvalue weighted by molar-refractivity contribution is 5.95. The van der Waals surface area contributed by atoms with E-state index < -0.39 is 19.0 Å². The summed E-state index contributed by atoms with van der Waals surface area (Å²) >= 11 is 0. The highest BCUT2D eigenvalue weighted by Crippen LogP contribution is 2.18. The molecule has 1 saturated heterocycles. The molecule has 1 aromatic heterocycles. The van der Waals surface area contributed by atoms with Gasteiger partial charge in [0.2, 0.25) is 5.91 Å². The number of hydrogen-bond donors (Lipinski definition) is 1. The molecule has 3 rings (SSSR count). The Hall–Kier alpha value is -2.32. The lowest BCUT2D eigenvalue weighted by Gasteiger charge is -2.34. The summed E-state index contributed by atoms with van der Waals surface area (Å²) in [5, 5.41) is 2.78. The maximum atomic E-state index is 12.7. The highest BCUT2D eigenvalue weighted by atomic mass is 19.3. The molecule has 2 heterocycles. The number of aryl methyl sites for hydroxylation is 1. The van der Waals surface area contributed by atoms with E-state index in [2.05, 4.69) is 10.3 Å². The molecule has 26 heavy (non-hydrogen) atoms. The summed E-state index contributed by atoms with van der Waals surface area (Å²) in [6.07, 6.45) is -0.732. The smallest absolute Gasteiger partial charge is 0.251 e. The first-order valence-corrected chi connectivity index (χ1v) is 8.47. The van der Waals surface area contributed by atoms with E-state index in [0.29, 0.717) is 18.8 Å². The van der Waals surface area contributed by atoms with Gasteiger partial charge in [-0.25, -0.2) is 13.8 Å². The second-order valence-electron chi connectivity index (χ2n) is 6.30. The van der Waals surface area contributed by atoms with Crippen LogP contribution in [0.2, 0.25) is 0 Å². The fourth-order valence-corrected chi connectivity index (χ4v) is 2.97. The number of benzene rings is 1. The van der Waals surface area contributed by atoms with Crippen molar-refractivity contribution in [2.75, 3.05) is 31.6 Å². The first-order chi connectivity index (χ1) is 12.5. The van der Waals surface area contributed by atoms with Gasteiger partial charge in [0.25, 0.3) is 6.43 Å². The van der Waals surface area contributed by atoms with Crippen LogP contribution in [0.3, 0.4) is 0 Å². The lowest BCUT2D eigenvalue weighted by molar-refractivity contribution is -0.128. The molecular formula is C18H22F2N4O2. The molecular weight excluding hydrogens is 342 g/mol. The fraction of sp³-hybridized carbons (Fsp3) is 0.444. The van der Waals surface area contributed by atoms with Crippen molar-refractivity contribution in [3.8, 4) is 5.69 Å². The predicted molar refractivity (Wildman–Crippen MR) is 93.9 cm³/mol. The Morgan fingerprint density at radius 3 is 2.69 bits per heavy atom. The molecule has 1 atom stereocenters. The molecule has 0 bridgehead atoms. The Morgan fingerprint density at radius 1 is 1.35 bits per heavy atom. The number of carbonyl (C=O) groups is 1. The summed E-state index contributed by atoms with van der Waals surface area (Å²) in [6, 6.07) is 6.60. The molecule has 0 spiro atoms. The summed E-state index contributed by atoms with van der Waals surface area (Å²) in [7, 11) is 0. The van der Waals surface area contributed by atoms with E-state index in [1.165, 1.54) is 4.90 Å². The molecule has 1 aliphatic heterocycles. The molecule has 1 amide bonds. The van der Waals surface area contributed by atoms with Crippen LogP contribution in [-0.4, -0.2) is 59.1 Å². The maximum Gasteiger partial charge on any atom is 0.251 e. The zero-order valence-corrected chi connectivity index (χ0v) is 14.8. The van der Waals surface area contributed by atoms with Crippen molar-refractivity contribution < 1.29 is 18.3 Å². The van der Waals surface area contributed by atoms with Crippen LogP contribution < -0.4 is 5.32 Å². The normalized spacial score (nSPS) is 18.3. The number of rotatable bonds is 5. The lowest BCUT2D eigenvalue weighted by atomic mass is 10.2. The third kappa shape index (κ3) is 4.08. The number of hydrogen-bond acceptors (Lipinski definition) is 4. The number of ether oxygens (including phenoxy) is 1. The van der Waals surface area contributed by atoms with Gasteiger partial charge >= 0.3 is 0 Å². The molecule has 1 fully saturated rings. The van der Waals surface area contributed by atoms with Crippen molar-refractivity contribution in [2.24, 2.45) is 0 Å². The summed E-state index contributed by atoms with van der Waals surface area (Å²) < 4.78 is 32.6. The summed E-state index contributed by atoms with van der Waals surface area (Å²) in [5.41, 5.74) is 3.54. The first-order valence-electron chi connectivity index (χ1n) is 8.47. The molecule has 1 aliphatic rings. The Morgan fingerprint density at radius 2 is 2.08 bits per heavy atom. The molecule has 1 aromatic carbocycles. The van der Waals surface area contributed by atoms with E-state index in [1.54, 1.807) is 18.5 Å².